The third-order valence-electron chi connectivity index (χ3n) is 2.99. The summed E-state index contributed by atoms with van der Waals surface area (Å²) in [5.41, 5.74) is 0.808. The van der Waals surface area contributed by atoms with Crippen LogP contribution in [0.4, 0.5) is 0 Å². The molecule has 0 aliphatic heterocycles. The number of halogens is 4. The Balaban J connectivity index is 2.29. The lowest BCUT2D eigenvalue weighted by molar-refractivity contribution is 0.0397. The quantitative estimate of drug-likeness (QED) is 0.303. The van der Waals surface area contributed by atoms with Gasteiger partial charge in [-0.3, -0.25) is 0 Å². The van der Waals surface area contributed by atoms with Crippen molar-refractivity contribution in [2.45, 2.75) is 6.92 Å². The standard InChI is InChI=1S/C15H8Cl2I2O4/c1-6-8(5-11(20)12(17)13(6)19)15(22)23-14(21)7-2-3-9(16)10(18)4-7/h2-5,20H,1H3. The molecule has 0 spiro atoms. The van der Waals surface area contributed by atoms with Crippen molar-refractivity contribution in [1.29, 1.82) is 0 Å². The molecule has 0 aromatic heterocycles. The Labute approximate surface area is 169 Å². The zero-order chi connectivity index (χ0) is 17.3. The minimum Gasteiger partial charge on any atom is -0.506 e. The fourth-order valence-electron chi connectivity index (χ4n) is 1.74. The van der Waals surface area contributed by atoms with Crippen molar-refractivity contribution in [3.05, 3.63) is 58.1 Å². The predicted molar refractivity (Wildman–Crippen MR) is 104 cm³/mol. The summed E-state index contributed by atoms with van der Waals surface area (Å²) < 4.78 is 6.05. The second kappa shape index (κ2) is 7.54. The van der Waals surface area contributed by atoms with Crippen LogP contribution in [0, 0.1) is 14.1 Å². The molecule has 8 heteroatoms. The molecule has 0 unspecified atom stereocenters. The van der Waals surface area contributed by atoms with E-state index < -0.39 is 11.9 Å². The number of carbonyl (C=O) groups excluding carboxylic acids is 2. The van der Waals surface area contributed by atoms with Crippen LogP contribution in [0.3, 0.4) is 0 Å². The maximum absolute atomic E-state index is 12.2. The van der Waals surface area contributed by atoms with E-state index >= 15 is 0 Å². The van der Waals surface area contributed by atoms with Crippen LogP contribution in [0.15, 0.2) is 24.3 Å². The first-order valence-electron chi connectivity index (χ1n) is 6.11. The molecule has 120 valence electrons. The summed E-state index contributed by atoms with van der Waals surface area (Å²) in [7, 11) is 0. The fraction of sp³-hybridized carbons (Fsp3) is 0.0667. The van der Waals surface area contributed by atoms with Crippen LogP contribution in [0.25, 0.3) is 0 Å². The Morgan fingerprint density at radius 1 is 1.13 bits per heavy atom. The number of carbonyl (C=O) groups is 2. The third-order valence-corrected chi connectivity index (χ3v) is 6.58. The number of ether oxygens (including phenoxy) is 1. The van der Waals surface area contributed by atoms with Gasteiger partial charge in [0, 0.05) is 7.14 Å². The molecule has 0 aliphatic rings. The summed E-state index contributed by atoms with van der Waals surface area (Å²) in [5, 5.41) is 10.4. The monoisotopic (exact) mass is 576 g/mol. The van der Waals surface area contributed by atoms with E-state index in [4.69, 9.17) is 27.9 Å². The number of esters is 2. The molecular weight excluding hydrogens is 569 g/mol. The molecule has 0 aliphatic carbocycles. The van der Waals surface area contributed by atoms with E-state index in [1.165, 1.54) is 18.2 Å². The smallest absolute Gasteiger partial charge is 0.346 e. The van der Waals surface area contributed by atoms with Crippen LogP contribution in [0.2, 0.25) is 10.0 Å². The van der Waals surface area contributed by atoms with Gasteiger partial charge in [0.2, 0.25) is 0 Å². The van der Waals surface area contributed by atoms with Crippen molar-refractivity contribution in [1.82, 2.24) is 0 Å². The van der Waals surface area contributed by atoms with Gasteiger partial charge >= 0.3 is 11.9 Å². The number of hydrogen-bond donors (Lipinski definition) is 1. The van der Waals surface area contributed by atoms with Crippen molar-refractivity contribution in [3.63, 3.8) is 0 Å². The Hall–Kier alpha value is -0.580. The third kappa shape index (κ3) is 4.09. The lowest BCUT2D eigenvalue weighted by atomic mass is 10.1. The first-order chi connectivity index (χ1) is 10.7. The Morgan fingerprint density at radius 3 is 2.39 bits per heavy atom. The van der Waals surface area contributed by atoms with Gasteiger partial charge in [-0.1, -0.05) is 23.2 Å². The maximum atomic E-state index is 12.2. The van der Waals surface area contributed by atoms with Gasteiger partial charge in [0.05, 0.1) is 21.2 Å². The first kappa shape index (κ1) is 18.8. The van der Waals surface area contributed by atoms with E-state index in [1.54, 1.807) is 13.0 Å². The zero-order valence-corrected chi connectivity index (χ0v) is 17.3. The average Bonchev–Trinajstić information content (AvgIpc) is 2.51. The van der Waals surface area contributed by atoms with Crippen LogP contribution in [0.5, 0.6) is 5.75 Å². The number of rotatable bonds is 2. The van der Waals surface area contributed by atoms with Gasteiger partial charge in [-0.25, -0.2) is 9.59 Å². The molecule has 2 rings (SSSR count). The summed E-state index contributed by atoms with van der Waals surface area (Å²) >= 11 is 15.7. The minimum absolute atomic E-state index is 0.0771. The Morgan fingerprint density at radius 2 is 1.78 bits per heavy atom. The number of hydrogen-bond acceptors (Lipinski definition) is 4. The van der Waals surface area contributed by atoms with Crippen LogP contribution in [-0.4, -0.2) is 17.0 Å². The zero-order valence-electron chi connectivity index (χ0n) is 11.5. The van der Waals surface area contributed by atoms with Crippen molar-refractivity contribution in [3.8, 4) is 5.75 Å². The Bertz CT molecular complexity index is 822. The molecule has 0 heterocycles. The van der Waals surface area contributed by atoms with E-state index in [1.807, 2.05) is 45.2 Å². The predicted octanol–water partition coefficient (Wildman–Crippen LogP) is 5.21. The molecule has 2 aromatic rings. The molecule has 0 amide bonds. The van der Waals surface area contributed by atoms with Gasteiger partial charge in [0.15, 0.2) is 0 Å². The van der Waals surface area contributed by atoms with E-state index in [9.17, 15) is 14.7 Å². The summed E-state index contributed by atoms with van der Waals surface area (Å²) in [5.74, 6) is -1.90. The molecule has 0 radical (unpaired) electrons. The number of phenolic OH excluding ortho intramolecular Hbond substituents is 1. The van der Waals surface area contributed by atoms with Gasteiger partial charge in [0.1, 0.15) is 5.75 Å². The molecule has 0 saturated heterocycles. The highest BCUT2D eigenvalue weighted by Crippen LogP contribution is 2.33. The van der Waals surface area contributed by atoms with E-state index in [0.29, 0.717) is 17.7 Å². The van der Waals surface area contributed by atoms with Crippen LogP contribution in [-0.2, 0) is 4.74 Å². The molecule has 0 fully saturated rings. The van der Waals surface area contributed by atoms with E-state index in [0.717, 1.165) is 0 Å². The lowest BCUT2D eigenvalue weighted by Crippen LogP contribution is -2.14. The summed E-state index contributed by atoms with van der Waals surface area (Å²) in [6, 6.07) is 5.72. The highest BCUT2D eigenvalue weighted by Gasteiger charge is 2.21. The topological polar surface area (TPSA) is 63.6 Å². The normalized spacial score (nSPS) is 10.5. The molecule has 2 aromatic carbocycles. The van der Waals surface area contributed by atoms with E-state index in [2.05, 4.69) is 0 Å². The number of phenols is 1. The number of aromatic hydroxyl groups is 1. The molecule has 23 heavy (non-hydrogen) atoms. The second-order valence-electron chi connectivity index (χ2n) is 4.50. The largest absolute Gasteiger partial charge is 0.506 e. The van der Waals surface area contributed by atoms with Crippen LogP contribution >= 0.6 is 68.4 Å². The summed E-state index contributed by atoms with van der Waals surface area (Å²) in [4.78, 5) is 24.2. The highest BCUT2D eigenvalue weighted by molar-refractivity contribution is 14.1. The SMILES string of the molecule is Cc1c(C(=O)OC(=O)c2ccc(Cl)c(I)c2)cc(O)c(Cl)c1I. The number of benzene rings is 2. The molecular formula is C15H8Cl2I2O4. The molecule has 1 N–H and O–H groups in total. The molecule has 0 saturated carbocycles. The summed E-state index contributed by atoms with van der Waals surface area (Å²) in [6.07, 6.45) is 0. The highest BCUT2D eigenvalue weighted by atomic mass is 127. The first-order valence-corrected chi connectivity index (χ1v) is 9.02. The van der Waals surface area contributed by atoms with Crippen molar-refractivity contribution in [2.75, 3.05) is 0 Å². The second-order valence-corrected chi connectivity index (χ2v) is 7.53. The maximum Gasteiger partial charge on any atom is 0.346 e. The van der Waals surface area contributed by atoms with Crippen molar-refractivity contribution < 1.29 is 19.4 Å². The van der Waals surface area contributed by atoms with Crippen molar-refractivity contribution in [2.24, 2.45) is 0 Å². The lowest BCUT2D eigenvalue weighted by Gasteiger charge is -2.10. The summed E-state index contributed by atoms with van der Waals surface area (Å²) in [6.45, 7) is 1.65. The van der Waals surface area contributed by atoms with Crippen molar-refractivity contribution >= 4 is 80.3 Å². The molecule has 0 bridgehead atoms. The van der Waals surface area contributed by atoms with Gasteiger partial charge < -0.3 is 9.84 Å². The van der Waals surface area contributed by atoms with Gasteiger partial charge in [0.25, 0.3) is 0 Å². The van der Waals surface area contributed by atoms with Gasteiger partial charge in [-0.05, 0) is 81.9 Å². The molecule has 0 atom stereocenters. The van der Waals surface area contributed by atoms with Gasteiger partial charge in [-0.2, -0.15) is 0 Å². The minimum atomic E-state index is -0.859. The van der Waals surface area contributed by atoms with Crippen LogP contribution < -0.4 is 0 Å². The van der Waals surface area contributed by atoms with Gasteiger partial charge in [-0.15, -0.1) is 0 Å². The Kier molecular flexibility index (Phi) is 6.15. The fourth-order valence-corrected chi connectivity index (χ4v) is 3.13. The van der Waals surface area contributed by atoms with E-state index in [-0.39, 0.29) is 21.9 Å². The molecule has 4 nitrogen and oxygen atoms in total. The van der Waals surface area contributed by atoms with Crippen LogP contribution in [0.1, 0.15) is 26.3 Å². The average molecular weight is 577 g/mol.